The van der Waals surface area contributed by atoms with Gasteiger partial charge in [0.25, 0.3) is 0 Å². The Bertz CT molecular complexity index is 334. The molecule has 0 amide bonds. The molecule has 1 rings (SSSR count). The van der Waals surface area contributed by atoms with Gasteiger partial charge >= 0.3 is 0 Å². The second-order valence-electron chi connectivity index (χ2n) is 5.41. The molecular weight excluding hydrogens is 210 g/mol. The van der Waals surface area contributed by atoms with Crippen LogP contribution in [0.5, 0.6) is 0 Å². The number of hydrogen-bond donors (Lipinski definition) is 2. The normalized spacial score (nSPS) is 11.5. The van der Waals surface area contributed by atoms with E-state index in [1.807, 2.05) is 12.1 Å². The zero-order valence-corrected chi connectivity index (χ0v) is 11.3. The van der Waals surface area contributed by atoms with Crippen molar-refractivity contribution in [3.63, 3.8) is 0 Å². The summed E-state index contributed by atoms with van der Waals surface area (Å²) in [5.74, 6) is 0.580. The fourth-order valence-corrected chi connectivity index (χ4v) is 1.84. The third kappa shape index (κ3) is 5.07. The lowest BCUT2D eigenvalue weighted by molar-refractivity contribution is 0.342. The minimum absolute atomic E-state index is 0.303. The summed E-state index contributed by atoms with van der Waals surface area (Å²) in [6, 6.07) is 3.88. The van der Waals surface area contributed by atoms with E-state index in [4.69, 9.17) is 5.73 Å². The molecule has 0 aromatic carbocycles. The molecule has 0 spiro atoms. The smallest absolute Gasteiger partial charge is 0.146 e. The molecule has 1 aromatic heterocycles. The minimum atomic E-state index is 0.303. The fourth-order valence-electron chi connectivity index (χ4n) is 1.84. The maximum absolute atomic E-state index is 5.80. The molecule has 3 nitrogen and oxygen atoms in total. The van der Waals surface area contributed by atoms with Gasteiger partial charge in [0.1, 0.15) is 5.82 Å². The number of nitrogens with one attached hydrogen (secondary N) is 1. The SMILES string of the molecule is CCCCCC(C)(C)CNc1cccnc1N. The van der Waals surface area contributed by atoms with Crippen molar-refractivity contribution in [1.29, 1.82) is 0 Å². The zero-order chi connectivity index (χ0) is 12.7. The lowest BCUT2D eigenvalue weighted by atomic mass is 9.87. The summed E-state index contributed by atoms with van der Waals surface area (Å²) in [6.07, 6.45) is 6.85. The molecule has 0 aliphatic heterocycles. The molecule has 96 valence electrons. The number of anilines is 2. The maximum Gasteiger partial charge on any atom is 0.146 e. The van der Waals surface area contributed by atoms with Crippen LogP contribution in [0.2, 0.25) is 0 Å². The quantitative estimate of drug-likeness (QED) is 0.709. The number of nitrogens with two attached hydrogens (primary N) is 1. The van der Waals surface area contributed by atoms with E-state index in [2.05, 4.69) is 31.1 Å². The highest BCUT2D eigenvalue weighted by Gasteiger charge is 2.17. The summed E-state index contributed by atoms with van der Waals surface area (Å²) in [4.78, 5) is 4.07. The Hall–Kier alpha value is -1.25. The predicted molar refractivity (Wildman–Crippen MR) is 75.1 cm³/mol. The zero-order valence-electron chi connectivity index (χ0n) is 11.3. The van der Waals surface area contributed by atoms with Crippen molar-refractivity contribution in [2.75, 3.05) is 17.6 Å². The van der Waals surface area contributed by atoms with Crippen LogP contribution in [0.25, 0.3) is 0 Å². The first-order chi connectivity index (χ1) is 8.05. The van der Waals surface area contributed by atoms with Crippen molar-refractivity contribution in [1.82, 2.24) is 4.98 Å². The van der Waals surface area contributed by atoms with E-state index in [-0.39, 0.29) is 0 Å². The summed E-state index contributed by atoms with van der Waals surface area (Å²) in [5, 5.41) is 3.39. The van der Waals surface area contributed by atoms with Gasteiger partial charge in [0.05, 0.1) is 5.69 Å². The molecule has 0 aliphatic carbocycles. The number of rotatable bonds is 7. The molecule has 1 heterocycles. The van der Waals surface area contributed by atoms with Crippen LogP contribution in [-0.4, -0.2) is 11.5 Å². The van der Waals surface area contributed by atoms with Crippen molar-refractivity contribution < 1.29 is 0 Å². The number of aromatic nitrogens is 1. The van der Waals surface area contributed by atoms with Gasteiger partial charge in [-0.1, -0.05) is 40.0 Å². The maximum atomic E-state index is 5.80. The number of nitrogen functional groups attached to an aromatic ring is 1. The average Bonchev–Trinajstić information content (AvgIpc) is 2.28. The molecule has 0 aliphatic rings. The van der Waals surface area contributed by atoms with E-state index in [1.165, 1.54) is 25.7 Å². The van der Waals surface area contributed by atoms with Gasteiger partial charge in [-0.05, 0) is 24.0 Å². The van der Waals surface area contributed by atoms with Crippen LogP contribution >= 0.6 is 0 Å². The van der Waals surface area contributed by atoms with Crippen molar-refractivity contribution in [3.8, 4) is 0 Å². The van der Waals surface area contributed by atoms with E-state index in [0.29, 0.717) is 11.2 Å². The van der Waals surface area contributed by atoms with Crippen LogP contribution < -0.4 is 11.1 Å². The fraction of sp³-hybridized carbons (Fsp3) is 0.643. The van der Waals surface area contributed by atoms with Gasteiger partial charge < -0.3 is 11.1 Å². The Morgan fingerprint density at radius 3 is 2.76 bits per heavy atom. The van der Waals surface area contributed by atoms with Gasteiger partial charge in [-0.15, -0.1) is 0 Å². The van der Waals surface area contributed by atoms with Crippen molar-refractivity contribution >= 4 is 11.5 Å². The minimum Gasteiger partial charge on any atom is -0.382 e. The standard InChI is InChI=1S/C14H25N3/c1-4-5-6-9-14(2,3)11-17-12-8-7-10-16-13(12)15/h7-8,10,17H,4-6,9,11H2,1-3H3,(H2,15,16). The summed E-state index contributed by atoms with van der Waals surface area (Å²) in [6.45, 7) is 7.76. The monoisotopic (exact) mass is 235 g/mol. The van der Waals surface area contributed by atoms with E-state index >= 15 is 0 Å². The van der Waals surface area contributed by atoms with E-state index in [1.54, 1.807) is 6.20 Å². The van der Waals surface area contributed by atoms with Crippen molar-refractivity contribution in [3.05, 3.63) is 18.3 Å². The van der Waals surface area contributed by atoms with Crippen LogP contribution in [0, 0.1) is 5.41 Å². The highest BCUT2D eigenvalue weighted by Crippen LogP contribution is 2.25. The molecule has 0 saturated carbocycles. The van der Waals surface area contributed by atoms with Gasteiger partial charge in [-0.2, -0.15) is 0 Å². The lowest BCUT2D eigenvalue weighted by Gasteiger charge is -2.25. The number of nitrogens with zero attached hydrogens (tertiary/aromatic N) is 1. The molecule has 0 saturated heterocycles. The van der Waals surface area contributed by atoms with Crippen LogP contribution in [0.1, 0.15) is 46.5 Å². The molecule has 3 N–H and O–H groups in total. The lowest BCUT2D eigenvalue weighted by Crippen LogP contribution is -2.23. The molecule has 0 fully saturated rings. The van der Waals surface area contributed by atoms with Gasteiger partial charge in [-0.25, -0.2) is 4.98 Å². The van der Waals surface area contributed by atoms with E-state index in [9.17, 15) is 0 Å². The van der Waals surface area contributed by atoms with Gasteiger partial charge in [-0.3, -0.25) is 0 Å². The Kier molecular flexibility index (Phi) is 5.26. The number of pyridine rings is 1. The largest absolute Gasteiger partial charge is 0.382 e. The van der Waals surface area contributed by atoms with Gasteiger partial charge in [0.2, 0.25) is 0 Å². The van der Waals surface area contributed by atoms with Crippen LogP contribution in [0.4, 0.5) is 11.5 Å². The summed E-state index contributed by atoms with van der Waals surface area (Å²) < 4.78 is 0. The highest BCUT2D eigenvalue weighted by molar-refractivity contribution is 5.60. The summed E-state index contributed by atoms with van der Waals surface area (Å²) in [5.41, 5.74) is 7.04. The first-order valence-electron chi connectivity index (χ1n) is 6.49. The third-order valence-corrected chi connectivity index (χ3v) is 3.05. The molecule has 0 radical (unpaired) electrons. The Morgan fingerprint density at radius 1 is 1.35 bits per heavy atom. The second-order valence-corrected chi connectivity index (χ2v) is 5.41. The highest BCUT2D eigenvalue weighted by atomic mass is 15.0. The number of hydrogen-bond acceptors (Lipinski definition) is 3. The Labute approximate surface area is 105 Å². The van der Waals surface area contributed by atoms with Crippen LogP contribution in [0.3, 0.4) is 0 Å². The van der Waals surface area contributed by atoms with Crippen LogP contribution in [-0.2, 0) is 0 Å². The van der Waals surface area contributed by atoms with E-state index in [0.717, 1.165) is 12.2 Å². The molecular formula is C14H25N3. The van der Waals surface area contributed by atoms with Gasteiger partial charge in [0.15, 0.2) is 0 Å². The van der Waals surface area contributed by atoms with Crippen molar-refractivity contribution in [2.45, 2.75) is 46.5 Å². The Balaban J connectivity index is 2.41. The summed E-state index contributed by atoms with van der Waals surface area (Å²) in [7, 11) is 0. The molecule has 0 unspecified atom stereocenters. The first-order valence-corrected chi connectivity index (χ1v) is 6.49. The molecule has 1 aromatic rings. The Morgan fingerprint density at radius 2 is 2.12 bits per heavy atom. The van der Waals surface area contributed by atoms with E-state index < -0.39 is 0 Å². The van der Waals surface area contributed by atoms with Crippen LogP contribution in [0.15, 0.2) is 18.3 Å². The molecule has 0 bridgehead atoms. The summed E-state index contributed by atoms with van der Waals surface area (Å²) >= 11 is 0. The molecule has 17 heavy (non-hydrogen) atoms. The number of unbranched alkanes of at least 4 members (excludes halogenated alkanes) is 2. The average molecular weight is 235 g/mol. The molecule has 3 heteroatoms. The first kappa shape index (κ1) is 13.8. The molecule has 0 atom stereocenters. The topological polar surface area (TPSA) is 50.9 Å². The van der Waals surface area contributed by atoms with Crippen molar-refractivity contribution in [2.24, 2.45) is 5.41 Å². The van der Waals surface area contributed by atoms with Gasteiger partial charge in [0, 0.05) is 12.7 Å². The third-order valence-electron chi connectivity index (χ3n) is 3.05. The predicted octanol–water partition coefficient (Wildman–Crippen LogP) is 3.68. The second kappa shape index (κ2) is 6.48.